The molecule has 162 valence electrons. The van der Waals surface area contributed by atoms with Crippen molar-refractivity contribution in [1.82, 2.24) is 4.98 Å². The lowest BCUT2D eigenvalue weighted by atomic mass is 10.2. The number of anilines is 2. The molecular formula is C19H11Cl2N5O6. The fourth-order valence-electron chi connectivity index (χ4n) is 2.53. The molecule has 3 aromatic rings. The Bertz CT molecular complexity index is 1150. The van der Waals surface area contributed by atoms with Crippen LogP contribution >= 0.6 is 23.2 Å². The number of hydrogen-bond acceptors (Lipinski definition) is 7. The van der Waals surface area contributed by atoms with E-state index in [-0.39, 0.29) is 44.1 Å². The molecule has 2 amide bonds. The summed E-state index contributed by atoms with van der Waals surface area (Å²) in [5.41, 5.74) is -0.0287. The molecule has 0 unspecified atom stereocenters. The lowest BCUT2D eigenvalue weighted by Gasteiger charge is -2.07. The number of amides is 2. The minimum atomic E-state index is -0.649. The van der Waals surface area contributed by atoms with Gasteiger partial charge in [-0.05, 0) is 36.4 Å². The number of aromatic nitrogens is 1. The van der Waals surface area contributed by atoms with E-state index in [2.05, 4.69) is 15.6 Å². The van der Waals surface area contributed by atoms with Crippen LogP contribution in [0, 0.1) is 20.2 Å². The van der Waals surface area contributed by atoms with Gasteiger partial charge in [-0.3, -0.25) is 34.8 Å². The number of carbonyl (C=O) groups is 2. The van der Waals surface area contributed by atoms with Crippen LogP contribution in [0.1, 0.15) is 20.8 Å². The molecule has 3 rings (SSSR count). The number of hydrogen-bond donors (Lipinski definition) is 2. The molecule has 0 spiro atoms. The van der Waals surface area contributed by atoms with E-state index in [1.165, 1.54) is 42.6 Å². The van der Waals surface area contributed by atoms with E-state index in [1.54, 1.807) is 0 Å². The average Bonchev–Trinajstić information content (AvgIpc) is 2.73. The molecule has 0 bridgehead atoms. The zero-order valence-electron chi connectivity index (χ0n) is 15.7. The molecule has 0 aliphatic rings. The third kappa shape index (κ3) is 5.14. The molecule has 0 fully saturated rings. The van der Waals surface area contributed by atoms with E-state index in [1.807, 2.05) is 0 Å². The first-order valence-corrected chi connectivity index (χ1v) is 9.38. The maximum absolute atomic E-state index is 12.3. The van der Waals surface area contributed by atoms with Crippen LogP contribution in [0.3, 0.4) is 0 Å². The lowest BCUT2D eigenvalue weighted by Crippen LogP contribution is -2.16. The Hall–Kier alpha value is -4.09. The van der Waals surface area contributed by atoms with Gasteiger partial charge < -0.3 is 10.6 Å². The van der Waals surface area contributed by atoms with E-state index < -0.39 is 21.7 Å². The molecule has 11 nitrogen and oxygen atoms in total. The van der Waals surface area contributed by atoms with Crippen molar-refractivity contribution < 1.29 is 19.4 Å². The van der Waals surface area contributed by atoms with Crippen molar-refractivity contribution >= 4 is 57.8 Å². The molecule has 2 aromatic carbocycles. The number of carbonyl (C=O) groups excluding carboxylic acids is 2. The maximum atomic E-state index is 12.3. The number of pyridine rings is 1. The zero-order chi connectivity index (χ0) is 23.4. The summed E-state index contributed by atoms with van der Waals surface area (Å²) in [4.78, 5) is 48.9. The first-order valence-electron chi connectivity index (χ1n) is 8.62. The van der Waals surface area contributed by atoms with Gasteiger partial charge in [0.1, 0.15) is 15.7 Å². The van der Waals surface area contributed by atoms with Crippen molar-refractivity contribution in [2.45, 2.75) is 0 Å². The number of nitrogens with zero attached hydrogens (tertiary/aromatic N) is 3. The van der Waals surface area contributed by atoms with Gasteiger partial charge in [0, 0.05) is 29.7 Å². The quantitative estimate of drug-likeness (QED) is 0.385. The van der Waals surface area contributed by atoms with Crippen molar-refractivity contribution in [3.63, 3.8) is 0 Å². The van der Waals surface area contributed by atoms with Gasteiger partial charge in [0.15, 0.2) is 0 Å². The Labute approximate surface area is 189 Å². The van der Waals surface area contributed by atoms with Crippen LogP contribution in [0.15, 0.2) is 54.7 Å². The Balaban J connectivity index is 1.67. The highest BCUT2D eigenvalue weighted by Crippen LogP contribution is 2.28. The van der Waals surface area contributed by atoms with Crippen LogP contribution < -0.4 is 10.6 Å². The van der Waals surface area contributed by atoms with E-state index in [9.17, 15) is 29.8 Å². The predicted molar refractivity (Wildman–Crippen MR) is 116 cm³/mol. The Kier molecular flexibility index (Phi) is 6.61. The number of nitro benzene ring substituents is 2. The van der Waals surface area contributed by atoms with Crippen LogP contribution in [0.2, 0.25) is 10.0 Å². The van der Waals surface area contributed by atoms with Crippen LogP contribution in [0.4, 0.5) is 22.7 Å². The molecule has 0 saturated heterocycles. The van der Waals surface area contributed by atoms with Crippen LogP contribution in [0.25, 0.3) is 0 Å². The fraction of sp³-hybridized carbons (Fsp3) is 0. The van der Waals surface area contributed by atoms with E-state index in [4.69, 9.17) is 23.2 Å². The fourth-order valence-corrected chi connectivity index (χ4v) is 3.03. The highest BCUT2D eigenvalue weighted by Gasteiger charge is 2.16. The smallest absolute Gasteiger partial charge is 0.288 e. The molecule has 0 atom stereocenters. The summed E-state index contributed by atoms with van der Waals surface area (Å²) in [6, 6.07) is 10.1. The molecule has 0 saturated carbocycles. The number of rotatable bonds is 6. The summed E-state index contributed by atoms with van der Waals surface area (Å²) < 4.78 is 0. The molecule has 1 aromatic heterocycles. The summed E-state index contributed by atoms with van der Waals surface area (Å²) in [7, 11) is 0. The summed E-state index contributed by atoms with van der Waals surface area (Å²) in [5.74, 6) is -1.19. The standard InChI is InChI=1S/C19H11Cl2N5O6/c20-13-7-11(2-5-16(13)25(29)30)23-18(27)10-1-4-15(22-9-10)19(28)24-12-3-6-17(26(31)32)14(21)8-12/h1-9H,(H,23,27)(H,24,28). The summed E-state index contributed by atoms with van der Waals surface area (Å²) in [5, 5.41) is 26.3. The van der Waals surface area contributed by atoms with Gasteiger partial charge in [-0.25, -0.2) is 0 Å². The molecular weight excluding hydrogens is 465 g/mol. The monoisotopic (exact) mass is 475 g/mol. The lowest BCUT2D eigenvalue weighted by molar-refractivity contribution is -0.384. The second-order valence-corrected chi connectivity index (χ2v) is 7.00. The number of nitro groups is 2. The van der Waals surface area contributed by atoms with Crippen LogP contribution in [-0.4, -0.2) is 26.6 Å². The highest BCUT2D eigenvalue weighted by molar-refractivity contribution is 6.33. The largest absolute Gasteiger partial charge is 0.322 e. The Morgan fingerprint density at radius 2 is 1.28 bits per heavy atom. The van der Waals surface area contributed by atoms with Crippen molar-refractivity contribution in [2.75, 3.05) is 10.6 Å². The van der Waals surface area contributed by atoms with Crippen molar-refractivity contribution in [3.8, 4) is 0 Å². The van der Waals surface area contributed by atoms with Gasteiger partial charge in [0.05, 0.1) is 15.4 Å². The third-order valence-electron chi connectivity index (χ3n) is 4.06. The number of nitrogens with one attached hydrogen (secondary N) is 2. The SMILES string of the molecule is O=C(Nc1ccc([N+](=O)[O-])c(Cl)c1)c1ccc(C(=O)Nc2ccc([N+](=O)[O-])c(Cl)c2)nc1. The summed E-state index contributed by atoms with van der Waals surface area (Å²) in [6.45, 7) is 0. The van der Waals surface area contributed by atoms with Gasteiger partial charge >= 0.3 is 0 Å². The van der Waals surface area contributed by atoms with Gasteiger partial charge in [0.2, 0.25) is 0 Å². The topological polar surface area (TPSA) is 157 Å². The molecule has 1 heterocycles. The van der Waals surface area contributed by atoms with Gasteiger partial charge in [0.25, 0.3) is 23.2 Å². The third-order valence-corrected chi connectivity index (χ3v) is 4.67. The van der Waals surface area contributed by atoms with Gasteiger partial charge in [-0.15, -0.1) is 0 Å². The predicted octanol–water partition coefficient (Wildman–Crippen LogP) is 4.71. The van der Waals surface area contributed by atoms with E-state index >= 15 is 0 Å². The van der Waals surface area contributed by atoms with E-state index in [0.717, 1.165) is 12.1 Å². The minimum Gasteiger partial charge on any atom is -0.322 e. The van der Waals surface area contributed by atoms with Crippen LogP contribution in [0.5, 0.6) is 0 Å². The second kappa shape index (κ2) is 9.37. The molecule has 0 aliphatic heterocycles. The van der Waals surface area contributed by atoms with Crippen molar-refractivity contribution in [2.24, 2.45) is 0 Å². The second-order valence-electron chi connectivity index (χ2n) is 6.19. The summed E-state index contributed by atoms with van der Waals surface area (Å²) in [6.07, 6.45) is 1.17. The van der Waals surface area contributed by atoms with Crippen molar-refractivity contribution in [1.29, 1.82) is 0 Å². The Morgan fingerprint density at radius 1 is 0.781 bits per heavy atom. The van der Waals surface area contributed by atoms with Crippen LogP contribution in [-0.2, 0) is 0 Å². The van der Waals surface area contributed by atoms with Crippen molar-refractivity contribution in [3.05, 3.63) is 96.3 Å². The number of halogens is 2. The summed E-state index contributed by atoms with van der Waals surface area (Å²) >= 11 is 11.6. The van der Waals surface area contributed by atoms with Gasteiger partial charge in [-0.2, -0.15) is 0 Å². The van der Waals surface area contributed by atoms with E-state index in [0.29, 0.717) is 0 Å². The normalized spacial score (nSPS) is 10.3. The number of benzene rings is 2. The van der Waals surface area contributed by atoms with Gasteiger partial charge in [-0.1, -0.05) is 23.2 Å². The molecule has 0 aliphatic carbocycles. The molecule has 32 heavy (non-hydrogen) atoms. The molecule has 0 radical (unpaired) electrons. The highest BCUT2D eigenvalue weighted by atomic mass is 35.5. The minimum absolute atomic E-state index is 0.0191. The zero-order valence-corrected chi connectivity index (χ0v) is 17.3. The molecule has 2 N–H and O–H groups in total. The maximum Gasteiger partial charge on any atom is 0.288 e. The average molecular weight is 476 g/mol. The molecule has 13 heteroatoms. The first-order chi connectivity index (χ1) is 15.2. The Morgan fingerprint density at radius 3 is 1.69 bits per heavy atom. The first kappa shape index (κ1) is 22.6.